The molecule has 0 saturated heterocycles. The molecule has 0 fully saturated rings. The fourth-order valence-electron chi connectivity index (χ4n) is 1.18. The molecule has 89 valence electrons. The zero-order valence-corrected chi connectivity index (χ0v) is 10.1. The molecule has 0 aliphatic rings. The lowest BCUT2D eigenvalue weighted by molar-refractivity contribution is -0.145. The second-order valence-corrected chi connectivity index (χ2v) is 3.61. The molecule has 1 aromatic carbocycles. The number of hydroxylamine groups is 1. The summed E-state index contributed by atoms with van der Waals surface area (Å²) in [6, 6.07) is 8.02. The Morgan fingerprint density at radius 3 is 2.65 bits per heavy atom. The summed E-state index contributed by atoms with van der Waals surface area (Å²) in [4.78, 5) is 16.0. The van der Waals surface area contributed by atoms with Crippen LogP contribution >= 0.6 is 0 Å². The first kappa shape index (κ1) is 13.2. The summed E-state index contributed by atoms with van der Waals surface area (Å²) < 4.78 is 0. The molecule has 0 aliphatic carbocycles. The van der Waals surface area contributed by atoms with Crippen molar-refractivity contribution in [2.75, 3.05) is 0 Å². The van der Waals surface area contributed by atoms with Gasteiger partial charge in [-0.1, -0.05) is 42.0 Å². The van der Waals surface area contributed by atoms with E-state index in [1.807, 2.05) is 44.2 Å². The first-order chi connectivity index (χ1) is 8.22. The van der Waals surface area contributed by atoms with E-state index in [1.54, 1.807) is 12.2 Å². The van der Waals surface area contributed by atoms with Crippen LogP contribution in [0.15, 0.2) is 48.6 Å². The summed E-state index contributed by atoms with van der Waals surface area (Å²) in [7, 11) is 0. The van der Waals surface area contributed by atoms with E-state index in [1.165, 1.54) is 11.6 Å². The molecule has 0 saturated carbocycles. The Kier molecular flexibility index (Phi) is 5.75. The summed E-state index contributed by atoms with van der Waals surface area (Å²) in [6.45, 7) is 4.41. The van der Waals surface area contributed by atoms with Gasteiger partial charge in [0.25, 0.3) is 0 Å². The van der Waals surface area contributed by atoms with Gasteiger partial charge < -0.3 is 0 Å². The van der Waals surface area contributed by atoms with Crippen molar-refractivity contribution in [1.82, 2.24) is 5.48 Å². The number of carbonyl (C=O) groups excluding carboxylic acids is 1. The molecule has 0 spiro atoms. The van der Waals surface area contributed by atoms with Gasteiger partial charge >= 0.3 is 5.97 Å². The van der Waals surface area contributed by atoms with Gasteiger partial charge in [0, 0.05) is 0 Å². The zero-order chi connectivity index (χ0) is 12.5. The number of benzene rings is 1. The summed E-state index contributed by atoms with van der Waals surface area (Å²) in [5, 5.41) is 0. The number of rotatable bonds is 5. The van der Waals surface area contributed by atoms with E-state index in [0.717, 1.165) is 5.56 Å². The molecule has 0 amide bonds. The third-order valence-corrected chi connectivity index (χ3v) is 2.11. The second kappa shape index (κ2) is 7.41. The van der Waals surface area contributed by atoms with Crippen LogP contribution in [0.2, 0.25) is 0 Å². The monoisotopic (exact) mass is 231 g/mol. The van der Waals surface area contributed by atoms with Crippen LogP contribution in [0.1, 0.15) is 18.1 Å². The molecule has 0 atom stereocenters. The van der Waals surface area contributed by atoms with Gasteiger partial charge in [0.1, 0.15) is 0 Å². The minimum absolute atomic E-state index is 0.407. The van der Waals surface area contributed by atoms with Gasteiger partial charge in [-0.05, 0) is 31.0 Å². The average molecular weight is 231 g/mol. The summed E-state index contributed by atoms with van der Waals surface area (Å²) >= 11 is 0. The van der Waals surface area contributed by atoms with E-state index in [2.05, 4.69) is 5.48 Å². The van der Waals surface area contributed by atoms with Gasteiger partial charge in [0.15, 0.2) is 0 Å². The molecule has 1 rings (SSSR count). The van der Waals surface area contributed by atoms with Crippen LogP contribution in [0.4, 0.5) is 0 Å². The highest BCUT2D eigenvalue weighted by molar-refractivity contribution is 5.81. The largest absolute Gasteiger partial charge is 0.623 e. The minimum atomic E-state index is -0.407. The van der Waals surface area contributed by atoms with Crippen molar-refractivity contribution < 1.29 is 9.63 Å². The maximum atomic E-state index is 11.2. The van der Waals surface area contributed by atoms with Gasteiger partial charge in [-0.25, -0.2) is 0 Å². The van der Waals surface area contributed by atoms with Crippen molar-refractivity contribution in [2.24, 2.45) is 0 Å². The zero-order valence-electron chi connectivity index (χ0n) is 10.1. The Labute approximate surface area is 102 Å². The topological polar surface area (TPSA) is 41.2 Å². The molecule has 1 N–H and O–H groups in total. The van der Waals surface area contributed by atoms with E-state index in [0.29, 0.717) is 6.54 Å². The van der Waals surface area contributed by atoms with E-state index in [9.17, 15) is 4.79 Å². The summed E-state index contributed by atoms with van der Waals surface area (Å²) in [6.07, 6.45) is 6.60. The molecule has 3 nitrogen and oxygen atoms in total. The molecule has 0 heterocycles. The lowest BCUT2D eigenvalue weighted by Gasteiger charge is -1.98. The van der Waals surface area contributed by atoms with Crippen LogP contribution in [0, 0.1) is 6.92 Å². The second-order valence-electron chi connectivity index (χ2n) is 3.61. The van der Waals surface area contributed by atoms with E-state index in [4.69, 9.17) is 4.84 Å². The molecule has 0 aliphatic heterocycles. The van der Waals surface area contributed by atoms with Gasteiger partial charge in [0.05, 0.1) is 17.4 Å². The highest BCUT2D eigenvalue weighted by Crippen LogP contribution is 2.02. The van der Waals surface area contributed by atoms with Crippen LogP contribution in [0.3, 0.4) is 0 Å². The molecule has 17 heavy (non-hydrogen) atoms. The van der Waals surface area contributed by atoms with Crippen LogP contribution in [-0.4, -0.2) is 5.97 Å². The van der Waals surface area contributed by atoms with Gasteiger partial charge in [-0.2, -0.15) is 4.84 Å². The molecule has 3 heteroatoms. The first-order valence-electron chi connectivity index (χ1n) is 5.51. The minimum Gasteiger partial charge on any atom is -0.195 e. The number of hydrogen-bond acceptors (Lipinski definition) is 3. The highest BCUT2D eigenvalue weighted by Gasteiger charge is 2.11. The first-order valence-corrected chi connectivity index (χ1v) is 5.51. The normalized spacial score (nSPS) is 11.2. The predicted octanol–water partition coefficient (Wildman–Crippen LogP) is 2.68. The Morgan fingerprint density at radius 2 is 2.00 bits per heavy atom. The average Bonchev–Trinajstić information content (AvgIpc) is 2.32. The Balaban J connectivity index is 2.28. The fourth-order valence-corrected chi connectivity index (χ4v) is 1.18. The quantitative estimate of drug-likeness (QED) is 0.366. The number of carbonyl (C=O) groups is 1. The fraction of sp³-hybridized carbons (Fsp3) is 0.214. The van der Waals surface area contributed by atoms with Crippen molar-refractivity contribution in [1.29, 1.82) is 0 Å². The van der Waals surface area contributed by atoms with Gasteiger partial charge in [0.2, 0.25) is 0 Å². The molecule has 0 unspecified atom stereocenters. The van der Waals surface area contributed by atoms with Crippen LogP contribution in [0.25, 0.3) is 0 Å². The standard InChI is InChI=1S/C14H17NO2/c1-3-4-5-6-14(16)17-15-11-13-9-7-12(2)8-10-13/h3-10,15H,11H2,1-2H3/q+1/b4-3-,6-5-. The van der Waals surface area contributed by atoms with E-state index >= 15 is 0 Å². The van der Waals surface area contributed by atoms with Crippen molar-refractivity contribution in [3.63, 3.8) is 0 Å². The number of hydrogen-bond donors (Lipinski definition) is 1. The molecule has 0 bridgehead atoms. The molecule has 1 radical (unpaired) electrons. The van der Waals surface area contributed by atoms with Crippen LogP contribution in [-0.2, 0) is 16.2 Å². The highest BCUT2D eigenvalue weighted by atomic mass is 16.7. The van der Waals surface area contributed by atoms with Crippen molar-refractivity contribution >= 4 is 5.97 Å². The maximum Gasteiger partial charge on any atom is 0.623 e. The predicted molar refractivity (Wildman–Crippen MR) is 68.1 cm³/mol. The van der Waals surface area contributed by atoms with Crippen LogP contribution in [0.5, 0.6) is 0 Å². The Morgan fingerprint density at radius 1 is 1.29 bits per heavy atom. The molecular formula is C14H17NO2+. The lowest BCUT2D eigenvalue weighted by Crippen LogP contribution is -2.17. The summed E-state index contributed by atoms with van der Waals surface area (Å²) in [5.74, 6) is -0.407. The third-order valence-electron chi connectivity index (χ3n) is 2.11. The molecular weight excluding hydrogens is 214 g/mol. The number of aryl methyl sites for hydroxylation is 1. The lowest BCUT2D eigenvalue weighted by atomic mass is 10.2. The van der Waals surface area contributed by atoms with Gasteiger partial charge in [-0.3, -0.25) is 0 Å². The third kappa shape index (κ3) is 5.68. The van der Waals surface area contributed by atoms with Crippen molar-refractivity contribution in [3.8, 4) is 0 Å². The SMILES string of the molecule is C/C=C\C=C/C(=[O+])ONCc1ccc(C)cc1. The smallest absolute Gasteiger partial charge is 0.195 e. The van der Waals surface area contributed by atoms with E-state index in [-0.39, 0.29) is 0 Å². The Bertz CT molecular complexity index is 405. The summed E-state index contributed by atoms with van der Waals surface area (Å²) in [5.41, 5.74) is 4.90. The van der Waals surface area contributed by atoms with Crippen LogP contribution < -0.4 is 5.48 Å². The Hall–Kier alpha value is -1.87. The van der Waals surface area contributed by atoms with Crippen molar-refractivity contribution in [2.45, 2.75) is 20.4 Å². The molecule has 0 aromatic heterocycles. The van der Waals surface area contributed by atoms with E-state index < -0.39 is 5.97 Å². The number of allylic oxidation sites excluding steroid dienone is 3. The maximum absolute atomic E-state index is 11.2. The molecule has 1 aromatic rings. The van der Waals surface area contributed by atoms with Crippen molar-refractivity contribution in [3.05, 3.63) is 59.7 Å². The van der Waals surface area contributed by atoms with Gasteiger partial charge in [-0.15, -0.1) is 0 Å². The number of nitrogens with one attached hydrogen (secondary N) is 1.